The van der Waals surface area contributed by atoms with Gasteiger partial charge in [0, 0.05) is 6.42 Å². The highest BCUT2D eigenvalue weighted by Crippen LogP contribution is 2.40. The van der Waals surface area contributed by atoms with Crippen LogP contribution in [0.4, 0.5) is 0 Å². The van der Waals surface area contributed by atoms with Crippen molar-refractivity contribution in [3.63, 3.8) is 0 Å². The van der Waals surface area contributed by atoms with E-state index in [1.807, 2.05) is 0 Å². The molecule has 1 saturated heterocycles. The lowest BCUT2D eigenvalue weighted by atomic mass is 10.0. The number of benzene rings is 1. The number of carbonyl (C=O) groups is 4. The molecule has 0 aliphatic carbocycles. The Kier molecular flexibility index (Phi) is 5.58. The summed E-state index contributed by atoms with van der Waals surface area (Å²) in [5, 5.41) is 24.7. The number of fused-ring (bicyclic) bond motifs is 1. The summed E-state index contributed by atoms with van der Waals surface area (Å²) in [7, 11) is 0. The SMILES string of the molecule is CC(C)(CO)NC(=O)COc1cccc2c1C(O)N(C1CCC(=O)NC1=O)C2=O. The minimum atomic E-state index is -1.45. The van der Waals surface area contributed by atoms with Gasteiger partial charge in [0.2, 0.25) is 11.8 Å². The molecular weight excluding hydrogens is 382 g/mol. The van der Waals surface area contributed by atoms with Gasteiger partial charge in [-0.15, -0.1) is 0 Å². The first kappa shape index (κ1) is 20.7. The molecule has 3 rings (SSSR count). The molecule has 1 aromatic carbocycles. The van der Waals surface area contributed by atoms with Crippen LogP contribution in [0.2, 0.25) is 0 Å². The number of ether oxygens (including phenoxy) is 1. The number of nitrogens with one attached hydrogen (secondary N) is 2. The molecule has 2 aliphatic heterocycles. The van der Waals surface area contributed by atoms with E-state index in [0.29, 0.717) is 0 Å². The summed E-state index contributed by atoms with van der Waals surface area (Å²) >= 11 is 0. The Labute approximate surface area is 166 Å². The van der Waals surface area contributed by atoms with Gasteiger partial charge in [-0.2, -0.15) is 0 Å². The summed E-state index contributed by atoms with van der Waals surface area (Å²) in [5.74, 6) is -1.98. The normalized spacial score (nSPS) is 21.7. The van der Waals surface area contributed by atoms with Crippen molar-refractivity contribution in [2.75, 3.05) is 13.2 Å². The molecule has 29 heavy (non-hydrogen) atoms. The first-order valence-electron chi connectivity index (χ1n) is 9.16. The maximum atomic E-state index is 12.8. The van der Waals surface area contributed by atoms with Crippen molar-refractivity contribution in [2.45, 2.75) is 44.5 Å². The quantitative estimate of drug-likeness (QED) is 0.454. The van der Waals surface area contributed by atoms with Crippen LogP contribution in [0.5, 0.6) is 5.75 Å². The van der Waals surface area contributed by atoms with Crippen molar-refractivity contribution in [3.05, 3.63) is 29.3 Å². The second-order valence-corrected chi connectivity index (χ2v) is 7.65. The molecule has 0 spiro atoms. The Bertz CT molecular complexity index is 867. The van der Waals surface area contributed by atoms with E-state index in [4.69, 9.17) is 4.74 Å². The van der Waals surface area contributed by atoms with Gasteiger partial charge in [-0.25, -0.2) is 0 Å². The first-order chi connectivity index (χ1) is 13.6. The van der Waals surface area contributed by atoms with Crippen LogP contribution in [0.1, 0.15) is 48.8 Å². The van der Waals surface area contributed by atoms with Crippen molar-refractivity contribution in [1.29, 1.82) is 0 Å². The molecule has 10 heteroatoms. The number of hydrogen-bond acceptors (Lipinski definition) is 7. The number of piperidine rings is 1. The molecule has 1 aromatic rings. The van der Waals surface area contributed by atoms with E-state index in [-0.39, 0.29) is 42.9 Å². The van der Waals surface area contributed by atoms with E-state index in [1.165, 1.54) is 12.1 Å². The van der Waals surface area contributed by atoms with E-state index >= 15 is 0 Å². The molecule has 2 heterocycles. The molecule has 2 unspecified atom stereocenters. The molecule has 4 amide bonds. The second-order valence-electron chi connectivity index (χ2n) is 7.65. The topological polar surface area (TPSA) is 145 Å². The number of hydrogen-bond donors (Lipinski definition) is 4. The van der Waals surface area contributed by atoms with Gasteiger partial charge < -0.3 is 20.3 Å². The minimum Gasteiger partial charge on any atom is -0.483 e. The zero-order valence-corrected chi connectivity index (χ0v) is 16.1. The Hall–Kier alpha value is -2.98. The molecule has 2 atom stereocenters. The summed E-state index contributed by atoms with van der Waals surface area (Å²) in [6.45, 7) is 2.64. The molecule has 0 radical (unpaired) electrons. The molecule has 0 bridgehead atoms. The fraction of sp³-hybridized carbons (Fsp3) is 0.474. The van der Waals surface area contributed by atoms with Crippen LogP contribution >= 0.6 is 0 Å². The van der Waals surface area contributed by atoms with E-state index in [2.05, 4.69) is 10.6 Å². The number of imide groups is 1. The van der Waals surface area contributed by atoms with Gasteiger partial charge in [0.05, 0.1) is 23.3 Å². The smallest absolute Gasteiger partial charge is 0.258 e. The molecule has 4 N–H and O–H groups in total. The highest BCUT2D eigenvalue weighted by Gasteiger charge is 2.45. The van der Waals surface area contributed by atoms with E-state index in [0.717, 1.165) is 4.90 Å². The second kappa shape index (κ2) is 7.80. The summed E-state index contributed by atoms with van der Waals surface area (Å²) in [5.41, 5.74) is -0.496. The predicted octanol–water partition coefficient (Wildman–Crippen LogP) is -0.796. The van der Waals surface area contributed by atoms with Gasteiger partial charge in [-0.1, -0.05) is 6.07 Å². The Balaban J connectivity index is 1.78. The zero-order valence-electron chi connectivity index (χ0n) is 16.1. The maximum Gasteiger partial charge on any atom is 0.258 e. The zero-order chi connectivity index (χ0) is 21.3. The Morgan fingerprint density at radius 3 is 2.72 bits per heavy atom. The van der Waals surface area contributed by atoms with Crippen molar-refractivity contribution in [3.8, 4) is 5.75 Å². The van der Waals surface area contributed by atoms with Gasteiger partial charge in [0.1, 0.15) is 11.8 Å². The maximum absolute atomic E-state index is 12.8. The summed E-state index contributed by atoms with van der Waals surface area (Å²) in [4.78, 5) is 49.4. The predicted molar refractivity (Wildman–Crippen MR) is 98.5 cm³/mol. The molecular formula is C19H23N3O7. The largest absolute Gasteiger partial charge is 0.483 e. The molecule has 10 nitrogen and oxygen atoms in total. The third-order valence-corrected chi connectivity index (χ3v) is 4.83. The average Bonchev–Trinajstić information content (AvgIpc) is 2.91. The van der Waals surface area contributed by atoms with Crippen LogP contribution in [-0.4, -0.2) is 63.5 Å². The fourth-order valence-corrected chi connectivity index (χ4v) is 3.37. The van der Waals surface area contributed by atoms with Crippen molar-refractivity contribution >= 4 is 23.6 Å². The summed E-state index contributed by atoms with van der Waals surface area (Å²) in [6.07, 6.45) is -1.28. The van der Waals surface area contributed by atoms with Gasteiger partial charge >= 0.3 is 0 Å². The van der Waals surface area contributed by atoms with E-state index in [1.54, 1.807) is 19.9 Å². The number of aliphatic hydroxyl groups is 2. The lowest BCUT2D eigenvalue weighted by Crippen LogP contribution is -2.53. The standard InChI is InChI=1S/C19H23N3O7/c1-19(2,9-23)21-14(25)8-29-12-5-3-4-10-15(12)18(28)22(17(10)27)11-6-7-13(24)20-16(11)26/h3-5,11,18,23,28H,6-9H2,1-2H3,(H,21,25)(H,20,24,26). The number of rotatable bonds is 6. The Morgan fingerprint density at radius 2 is 2.07 bits per heavy atom. The van der Waals surface area contributed by atoms with E-state index in [9.17, 15) is 29.4 Å². The summed E-state index contributed by atoms with van der Waals surface area (Å²) < 4.78 is 5.51. The number of amides is 4. The lowest BCUT2D eigenvalue weighted by molar-refractivity contribution is -0.139. The van der Waals surface area contributed by atoms with Gasteiger partial charge in [-0.3, -0.25) is 29.4 Å². The van der Waals surface area contributed by atoms with Crippen molar-refractivity contribution in [2.24, 2.45) is 0 Å². The molecule has 2 aliphatic rings. The number of aliphatic hydroxyl groups excluding tert-OH is 2. The van der Waals surface area contributed by atoms with Crippen LogP contribution in [-0.2, 0) is 14.4 Å². The Morgan fingerprint density at radius 1 is 1.34 bits per heavy atom. The summed E-state index contributed by atoms with van der Waals surface area (Å²) in [6, 6.07) is 3.56. The van der Waals surface area contributed by atoms with Crippen LogP contribution in [0, 0.1) is 0 Å². The van der Waals surface area contributed by atoms with Crippen LogP contribution in [0.25, 0.3) is 0 Å². The van der Waals surface area contributed by atoms with Crippen molar-refractivity contribution in [1.82, 2.24) is 15.5 Å². The third kappa shape index (κ3) is 4.08. The highest BCUT2D eigenvalue weighted by atomic mass is 16.5. The van der Waals surface area contributed by atoms with Gasteiger partial charge in [0.15, 0.2) is 12.8 Å². The molecule has 1 fully saturated rings. The molecule has 0 saturated carbocycles. The number of carbonyl (C=O) groups excluding carboxylic acids is 4. The van der Waals surface area contributed by atoms with E-state index < -0.39 is 41.4 Å². The molecule has 156 valence electrons. The van der Waals surface area contributed by atoms with Crippen LogP contribution in [0.3, 0.4) is 0 Å². The van der Waals surface area contributed by atoms with Crippen molar-refractivity contribution < 1.29 is 34.1 Å². The first-order valence-corrected chi connectivity index (χ1v) is 9.16. The monoisotopic (exact) mass is 405 g/mol. The van der Waals surface area contributed by atoms with Crippen LogP contribution < -0.4 is 15.4 Å². The fourth-order valence-electron chi connectivity index (χ4n) is 3.37. The van der Waals surface area contributed by atoms with Gasteiger partial charge in [0.25, 0.3) is 11.8 Å². The lowest BCUT2D eigenvalue weighted by Gasteiger charge is -2.32. The average molecular weight is 405 g/mol. The minimum absolute atomic E-state index is 0.0629. The van der Waals surface area contributed by atoms with Crippen LogP contribution in [0.15, 0.2) is 18.2 Å². The highest BCUT2D eigenvalue weighted by molar-refractivity contribution is 6.06. The third-order valence-electron chi connectivity index (χ3n) is 4.83. The molecule has 0 aromatic heterocycles. The number of nitrogens with zero attached hydrogens (tertiary/aromatic N) is 1. The van der Waals surface area contributed by atoms with Gasteiger partial charge in [-0.05, 0) is 32.4 Å².